The number of rotatable bonds is 6. The molecule has 0 fully saturated rings. The minimum absolute atomic E-state index is 0.138. The summed E-state index contributed by atoms with van der Waals surface area (Å²) in [5.74, 6) is 1.09. The van der Waals surface area contributed by atoms with Crippen molar-refractivity contribution >= 4 is 21.6 Å². The zero-order chi connectivity index (χ0) is 13.7. The van der Waals surface area contributed by atoms with Crippen molar-refractivity contribution in [1.82, 2.24) is 14.7 Å². The highest BCUT2D eigenvalue weighted by Gasteiger charge is 2.13. The molecule has 0 aliphatic carbocycles. The fraction of sp³-hybridized carbons (Fsp3) is 0.250. The molecule has 0 aliphatic heterocycles. The van der Waals surface area contributed by atoms with Crippen LogP contribution in [0.1, 0.15) is 11.4 Å². The second-order valence-corrected chi connectivity index (χ2v) is 6.09. The highest BCUT2D eigenvalue weighted by Crippen LogP contribution is 2.11. The summed E-state index contributed by atoms with van der Waals surface area (Å²) in [7, 11) is -3.51. The Kier molecular flexibility index (Phi) is 4.57. The number of hydrogen-bond donors (Lipinski definition) is 2. The number of aromatic amines is 1. The minimum atomic E-state index is -3.51. The third kappa shape index (κ3) is 3.79. The van der Waals surface area contributed by atoms with E-state index in [1.165, 1.54) is 0 Å². The highest BCUT2D eigenvalue weighted by molar-refractivity contribution is 7.89. The second-order valence-electron chi connectivity index (χ2n) is 3.94. The van der Waals surface area contributed by atoms with Crippen LogP contribution in [0.15, 0.2) is 41.6 Å². The van der Waals surface area contributed by atoms with E-state index in [1.54, 1.807) is 36.7 Å². The first kappa shape index (κ1) is 14.0. The number of hydrogen-bond acceptors (Lipinski definition) is 3. The molecule has 5 nitrogen and oxygen atoms in total. The third-order valence-corrected chi connectivity index (χ3v) is 4.21. The summed E-state index contributed by atoms with van der Waals surface area (Å²) in [5, 5.41) is 0. The Morgan fingerprint density at radius 3 is 2.58 bits per heavy atom. The van der Waals surface area contributed by atoms with Gasteiger partial charge in [0.25, 0.3) is 0 Å². The summed E-state index contributed by atoms with van der Waals surface area (Å²) in [6, 6.07) is 6.69. The predicted molar refractivity (Wildman–Crippen MR) is 73.5 cm³/mol. The molecule has 7 heteroatoms. The lowest BCUT2D eigenvalue weighted by atomic mass is 10.2. The summed E-state index contributed by atoms with van der Waals surface area (Å²) in [4.78, 5) is 7.02. The van der Waals surface area contributed by atoms with Crippen molar-refractivity contribution in [2.75, 3.05) is 5.88 Å². The van der Waals surface area contributed by atoms with Crippen LogP contribution in [0.3, 0.4) is 0 Å². The molecule has 102 valence electrons. The van der Waals surface area contributed by atoms with Crippen LogP contribution in [0.4, 0.5) is 0 Å². The molecule has 1 aromatic carbocycles. The SMILES string of the molecule is O=S(=O)(NCc1ncc[nH]1)c1ccc(CCCl)cc1. The molecule has 0 unspecified atom stereocenters. The Morgan fingerprint density at radius 1 is 1.26 bits per heavy atom. The van der Waals surface area contributed by atoms with Gasteiger partial charge in [-0.25, -0.2) is 18.1 Å². The van der Waals surface area contributed by atoms with Crippen LogP contribution in [0.5, 0.6) is 0 Å². The van der Waals surface area contributed by atoms with Crippen molar-refractivity contribution in [2.45, 2.75) is 17.9 Å². The van der Waals surface area contributed by atoms with Crippen molar-refractivity contribution in [3.05, 3.63) is 48.0 Å². The topological polar surface area (TPSA) is 74.8 Å². The van der Waals surface area contributed by atoms with Crippen molar-refractivity contribution in [3.63, 3.8) is 0 Å². The molecule has 1 heterocycles. The molecule has 0 saturated carbocycles. The number of nitrogens with zero attached hydrogens (tertiary/aromatic N) is 1. The molecule has 0 amide bonds. The lowest BCUT2D eigenvalue weighted by Crippen LogP contribution is -2.23. The maximum atomic E-state index is 12.0. The van der Waals surface area contributed by atoms with E-state index in [-0.39, 0.29) is 11.4 Å². The summed E-state index contributed by atoms with van der Waals surface area (Å²) in [6.07, 6.45) is 3.94. The molecule has 19 heavy (non-hydrogen) atoms. The van der Waals surface area contributed by atoms with Gasteiger partial charge >= 0.3 is 0 Å². The van der Waals surface area contributed by atoms with Gasteiger partial charge in [0, 0.05) is 18.3 Å². The molecule has 1 aromatic heterocycles. The molecule has 0 spiro atoms. The number of benzene rings is 1. The first-order valence-electron chi connectivity index (χ1n) is 5.74. The van der Waals surface area contributed by atoms with E-state index >= 15 is 0 Å². The number of alkyl halides is 1. The Morgan fingerprint density at radius 2 is 2.00 bits per heavy atom. The molecule has 2 rings (SSSR count). The average Bonchev–Trinajstić information content (AvgIpc) is 2.91. The Bertz CT molecular complexity index is 609. The highest BCUT2D eigenvalue weighted by atomic mass is 35.5. The van der Waals surface area contributed by atoms with Crippen LogP contribution in [-0.4, -0.2) is 24.3 Å². The fourth-order valence-electron chi connectivity index (χ4n) is 1.59. The molecule has 2 aromatic rings. The van der Waals surface area contributed by atoms with Crippen LogP contribution in [0.25, 0.3) is 0 Å². The van der Waals surface area contributed by atoms with Gasteiger partial charge in [0.15, 0.2) is 0 Å². The smallest absolute Gasteiger partial charge is 0.240 e. The van der Waals surface area contributed by atoms with Crippen LogP contribution >= 0.6 is 11.6 Å². The first-order chi connectivity index (χ1) is 9.12. The number of halogens is 1. The van der Waals surface area contributed by atoms with Crippen molar-refractivity contribution in [2.24, 2.45) is 0 Å². The van der Waals surface area contributed by atoms with Gasteiger partial charge in [-0.2, -0.15) is 0 Å². The quantitative estimate of drug-likeness (QED) is 0.797. The van der Waals surface area contributed by atoms with E-state index in [0.29, 0.717) is 11.7 Å². The van der Waals surface area contributed by atoms with Crippen molar-refractivity contribution in [1.29, 1.82) is 0 Å². The largest absolute Gasteiger partial charge is 0.347 e. The fourth-order valence-corrected chi connectivity index (χ4v) is 2.79. The molecular weight excluding hydrogens is 286 g/mol. The molecule has 2 N–H and O–H groups in total. The number of aryl methyl sites for hydroxylation is 1. The number of sulfonamides is 1. The van der Waals surface area contributed by atoms with E-state index in [1.807, 2.05) is 0 Å². The molecular formula is C12H14ClN3O2S. The normalized spacial score (nSPS) is 11.6. The monoisotopic (exact) mass is 299 g/mol. The molecule has 0 saturated heterocycles. The number of nitrogens with one attached hydrogen (secondary N) is 2. The zero-order valence-corrected chi connectivity index (χ0v) is 11.7. The lowest BCUT2D eigenvalue weighted by molar-refractivity contribution is 0.579. The predicted octanol–water partition coefficient (Wildman–Crippen LogP) is 1.67. The first-order valence-corrected chi connectivity index (χ1v) is 7.76. The van der Waals surface area contributed by atoms with E-state index in [9.17, 15) is 8.42 Å². The van der Waals surface area contributed by atoms with Gasteiger partial charge in [-0.1, -0.05) is 12.1 Å². The lowest BCUT2D eigenvalue weighted by Gasteiger charge is -2.06. The Labute approximate surface area is 117 Å². The van der Waals surface area contributed by atoms with Crippen molar-refractivity contribution < 1.29 is 8.42 Å². The maximum absolute atomic E-state index is 12.0. The van der Waals surface area contributed by atoms with Crippen LogP contribution < -0.4 is 4.72 Å². The van der Waals surface area contributed by atoms with E-state index in [4.69, 9.17) is 11.6 Å². The summed E-state index contributed by atoms with van der Waals surface area (Å²) >= 11 is 5.63. The van der Waals surface area contributed by atoms with Crippen LogP contribution in [0.2, 0.25) is 0 Å². The number of imidazole rings is 1. The molecule has 0 bridgehead atoms. The Hall–Kier alpha value is -1.37. The summed E-state index contributed by atoms with van der Waals surface area (Å²) in [5.41, 5.74) is 1.01. The maximum Gasteiger partial charge on any atom is 0.240 e. The molecule has 0 atom stereocenters. The van der Waals surface area contributed by atoms with Crippen molar-refractivity contribution in [3.8, 4) is 0 Å². The van der Waals surface area contributed by atoms with Gasteiger partial charge in [0.05, 0.1) is 11.4 Å². The number of aromatic nitrogens is 2. The van der Waals surface area contributed by atoms with Crippen LogP contribution in [0, 0.1) is 0 Å². The Balaban J connectivity index is 2.06. The average molecular weight is 300 g/mol. The van der Waals surface area contributed by atoms with Gasteiger partial charge < -0.3 is 4.98 Å². The van der Waals surface area contributed by atoms with E-state index in [0.717, 1.165) is 12.0 Å². The third-order valence-electron chi connectivity index (χ3n) is 2.60. The van der Waals surface area contributed by atoms with Gasteiger partial charge in [0.2, 0.25) is 10.0 Å². The van der Waals surface area contributed by atoms with Gasteiger partial charge in [-0.05, 0) is 24.1 Å². The van der Waals surface area contributed by atoms with Gasteiger partial charge in [-0.3, -0.25) is 0 Å². The molecule has 0 aliphatic rings. The summed E-state index contributed by atoms with van der Waals surface area (Å²) < 4.78 is 26.5. The zero-order valence-electron chi connectivity index (χ0n) is 10.1. The minimum Gasteiger partial charge on any atom is -0.347 e. The second kappa shape index (κ2) is 6.18. The van der Waals surface area contributed by atoms with Crippen LogP contribution in [-0.2, 0) is 23.0 Å². The molecule has 0 radical (unpaired) electrons. The van der Waals surface area contributed by atoms with Gasteiger partial charge in [0.1, 0.15) is 5.82 Å². The van der Waals surface area contributed by atoms with Gasteiger partial charge in [-0.15, -0.1) is 11.6 Å². The summed E-state index contributed by atoms with van der Waals surface area (Å²) in [6.45, 7) is 0.138. The number of H-pyrrole nitrogens is 1. The van der Waals surface area contributed by atoms with E-state index in [2.05, 4.69) is 14.7 Å². The van der Waals surface area contributed by atoms with E-state index < -0.39 is 10.0 Å². The standard InChI is InChI=1S/C12H14ClN3O2S/c13-6-5-10-1-3-11(4-2-10)19(17,18)16-9-12-14-7-8-15-12/h1-4,7-8,16H,5-6,9H2,(H,14,15).